The van der Waals surface area contributed by atoms with E-state index < -0.39 is 0 Å². The van der Waals surface area contributed by atoms with Gasteiger partial charge in [0, 0.05) is 12.7 Å². The number of aryl methyl sites for hydroxylation is 2. The van der Waals surface area contributed by atoms with Crippen LogP contribution in [-0.4, -0.2) is 19.0 Å². The number of amides is 1. The Kier molecular flexibility index (Phi) is 3.72. The molecule has 0 aliphatic rings. The van der Waals surface area contributed by atoms with Crippen molar-refractivity contribution >= 4 is 11.6 Å². The summed E-state index contributed by atoms with van der Waals surface area (Å²) in [7, 11) is 1.64. The van der Waals surface area contributed by atoms with Crippen LogP contribution in [-0.2, 0) is 4.79 Å². The average Bonchev–Trinajstić information content (AvgIpc) is 2.14. The number of hydrogen-bond donors (Lipinski definition) is 2. The molecule has 1 rings (SSSR count). The summed E-state index contributed by atoms with van der Waals surface area (Å²) in [6.07, 6.45) is 0. The Hall–Kier alpha value is -1.51. The number of benzene rings is 1. The first kappa shape index (κ1) is 11.6. The topological polar surface area (TPSA) is 41.1 Å². The maximum atomic E-state index is 11.3. The van der Waals surface area contributed by atoms with Crippen LogP contribution in [0.1, 0.15) is 18.1 Å². The Morgan fingerprint density at radius 3 is 2.20 bits per heavy atom. The van der Waals surface area contributed by atoms with Crippen molar-refractivity contribution in [3.8, 4) is 0 Å². The summed E-state index contributed by atoms with van der Waals surface area (Å²) in [5, 5.41) is 5.77. The number of nitrogens with one attached hydrogen (secondary N) is 2. The average molecular weight is 206 g/mol. The summed E-state index contributed by atoms with van der Waals surface area (Å²) < 4.78 is 0. The second-order valence-electron chi connectivity index (χ2n) is 3.86. The third-order valence-corrected chi connectivity index (χ3v) is 2.24. The fourth-order valence-corrected chi connectivity index (χ4v) is 1.59. The van der Waals surface area contributed by atoms with Crippen LogP contribution in [0.15, 0.2) is 18.2 Å². The highest BCUT2D eigenvalue weighted by molar-refractivity contribution is 5.83. The Bertz CT molecular complexity index is 340. The van der Waals surface area contributed by atoms with E-state index in [-0.39, 0.29) is 11.9 Å². The smallest absolute Gasteiger partial charge is 0.241 e. The van der Waals surface area contributed by atoms with Crippen molar-refractivity contribution in [3.63, 3.8) is 0 Å². The van der Waals surface area contributed by atoms with E-state index in [0.717, 1.165) is 5.69 Å². The van der Waals surface area contributed by atoms with Crippen LogP contribution in [0.2, 0.25) is 0 Å². The number of hydrogen-bond acceptors (Lipinski definition) is 2. The maximum Gasteiger partial charge on any atom is 0.241 e. The zero-order valence-electron chi connectivity index (χ0n) is 9.72. The lowest BCUT2D eigenvalue weighted by atomic mass is 10.1. The van der Waals surface area contributed by atoms with E-state index in [2.05, 4.69) is 16.7 Å². The van der Waals surface area contributed by atoms with Gasteiger partial charge in [-0.2, -0.15) is 0 Å². The molecule has 0 aromatic heterocycles. The van der Waals surface area contributed by atoms with Crippen LogP contribution in [0.5, 0.6) is 0 Å². The van der Waals surface area contributed by atoms with E-state index >= 15 is 0 Å². The molecule has 0 saturated heterocycles. The number of likely N-dealkylation sites (N-methyl/N-ethyl adjacent to an activating group) is 1. The molecule has 0 aliphatic carbocycles. The molecule has 0 saturated carbocycles. The molecule has 1 aromatic carbocycles. The lowest BCUT2D eigenvalue weighted by Gasteiger charge is -2.14. The molecule has 1 aromatic rings. The van der Waals surface area contributed by atoms with Crippen LogP contribution >= 0.6 is 0 Å². The van der Waals surface area contributed by atoms with Crippen molar-refractivity contribution in [2.75, 3.05) is 12.4 Å². The third kappa shape index (κ3) is 3.27. The summed E-state index contributed by atoms with van der Waals surface area (Å²) in [5.41, 5.74) is 3.38. The molecule has 0 spiro atoms. The van der Waals surface area contributed by atoms with Crippen molar-refractivity contribution in [2.24, 2.45) is 0 Å². The monoisotopic (exact) mass is 206 g/mol. The minimum atomic E-state index is -0.212. The summed E-state index contributed by atoms with van der Waals surface area (Å²) in [4.78, 5) is 11.3. The van der Waals surface area contributed by atoms with E-state index in [4.69, 9.17) is 0 Å². The van der Waals surface area contributed by atoms with Crippen LogP contribution < -0.4 is 10.6 Å². The molecule has 0 bridgehead atoms. The van der Waals surface area contributed by atoms with Gasteiger partial charge in [-0.05, 0) is 44.0 Å². The predicted octanol–water partition coefficient (Wildman–Crippen LogP) is 1.85. The molecule has 0 fully saturated rings. The van der Waals surface area contributed by atoms with E-state index in [1.807, 2.05) is 32.9 Å². The van der Waals surface area contributed by atoms with Crippen LogP contribution in [0, 0.1) is 13.8 Å². The van der Waals surface area contributed by atoms with Crippen LogP contribution in [0.4, 0.5) is 5.69 Å². The van der Waals surface area contributed by atoms with Gasteiger partial charge in [0.2, 0.25) is 5.91 Å². The van der Waals surface area contributed by atoms with Gasteiger partial charge in [0.1, 0.15) is 6.04 Å². The van der Waals surface area contributed by atoms with Gasteiger partial charge in [0.05, 0.1) is 0 Å². The number of anilines is 1. The standard InChI is InChI=1S/C12H18N2O/c1-8-5-9(2)7-11(6-8)14-10(3)12(15)13-4/h5-7,10,14H,1-4H3,(H,13,15). The fraction of sp³-hybridized carbons (Fsp3) is 0.417. The van der Waals surface area contributed by atoms with Crippen molar-refractivity contribution in [2.45, 2.75) is 26.8 Å². The largest absolute Gasteiger partial charge is 0.374 e. The summed E-state index contributed by atoms with van der Waals surface area (Å²) in [6, 6.07) is 5.96. The molecule has 1 amide bonds. The van der Waals surface area contributed by atoms with Crippen LogP contribution in [0.3, 0.4) is 0 Å². The van der Waals surface area contributed by atoms with E-state index in [0.29, 0.717) is 0 Å². The number of carbonyl (C=O) groups is 1. The van der Waals surface area contributed by atoms with E-state index in [1.54, 1.807) is 7.05 Å². The zero-order chi connectivity index (χ0) is 11.4. The van der Waals surface area contributed by atoms with Gasteiger partial charge in [-0.1, -0.05) is 6.07 Å². The molecule has 15 heavy (non-hydrogen) atoms. The van der Waals surface area contributed by atoms with Gasteiger partial charge in [-0.25, -0.2) is 0 Å². The lowest BCUT2D eigenvalue weighted by molar-refractivity contribution is -0.121. The molecular formula is C12H18N2O. The lowest BCUT2D eigenvalue weighted by Crippen LogP contribution is -2.35. The molecule has 3 heteroatoms. The fourth-order valence-electron chi connectivity index (χ4n) is 1.59. The maximum absolute atomic E-state index is 11.3. The highest BCUT2D eigenvalue weighted by atomic mass is 16.2. The van der Waals surface area contributed by atoms with Crippen molar-refractivity contribution in [1.29, 1.82) is 0 Å². The molecule has 0 heterocycles. The molecular weight excluding hydrogens is 188 g/mol. The molecule has 1 atom stereocenters. The Balaban J connectivity index is 2.76. The quantitative estimate of drug-likeness (QED) is 0.792. The van der Waals surface area contributed by atoms with E-state index in [9.17, 15) is 4.79 Å². The van der Waals surface area contributed by atoms with Gasteiger partial charge in [-0.3, -0.25) is 4.79 Å². The van der Waals surface area contributed by atoms with Crippen molar-refractivity contribution < 1.29 is 4.79 Å². The Morgan fingerprint density at radius 1 is 1.20 bits per heavy atom. The molecule has 0 radical (unpaired) electrons. The van der Waals surface area contributed by atoms with Crippen molar-refractivity contribution in [1.82, 2.24) is 5.32 Å². The molecule has 2 N–H and O–H groups in total. The van der Waals surface area contributed by atoms with Gasteiger partial charge in [-0.15, -0.1) is 0 Å². The van der Waals surface area contributed by atoms with Crippen LogP contribution in [0.25, 0.3) is 0 Å². The second kappa shape index (κ2) is 4.82. The zero-order valence-corrected chi connectivity index (χ0v) is 9.72. The predicted molar refractivity (Wildman–Crippen MR) is 63.1 cm³/mol. The summed E-state index contributed by atoms with van der Waals surface area (Å²) in [6.45, 7) is 5.93. The number of rotatable bonds is 3. The summed E-state index contributed by atoms with van der Waals surface area (Å²) >= 11 is 0. The Labute approximate surface area is 90.9 Å². The van der Waals surface area contributed by atoms with E-state index in [1.165, 1.54) is 11.1 Å². The molecule has 1 unspecified atom stereocenters. The van der Waals surface area contributed by atoms with Gasteiger partial charge >= 0.3 is 0 Å². The highest BCUT2D eigenvalue weighted by Crippen LogP contribution is 2.14. The molecule has 82 valence electrons. The molecule has 3 nitrogen and oxygen atoms in total. The van der Waals surface area contributed by atoms with Crippen molar-refractivity contribution in [3.05, 3.63) is 29.3 Å². The molecule has 0 aliphatic heterocycles. The summed E-state index contributed by atoms with van der Waals surface area (Å²) in [5.74, 6) is -0.00541. The van der Waals surface area contributed by atoms with Gasteiger partial charge < -0.3 is 10.6 Å². The first-order valence-electron chi connectivity index (χ1n) is 5.09. The first-order chi connectivity index (χ1) is 7.02. The third-order valence-electron chi connectivity index (χ3n) is 2.24. The first-order valence-corrected chi connectivity index (χ1v) is 5.09. The second-order valence-corrected chi connectivity index (χ2v) is 3.86. The minimum Gasteiger partial charge on any atom is -0.374 e. The SMILES string of the molecule is CNC(=O)C(C)Nc1cc(C)cc(C)c1. The van der Waals surface area contributed by atoms with Gasteiger partial charge in [0.25, 0.3) is 0 Å². The highest BCUT2D eigenvalue weighted by Gasteiger charge is 2.10. The Morgan fingerprint density at radius 2 is 1.73 bits per heavy atom. The normalized spacial score (nSPS) is 12.0. The minimum absolute atomic E-state index is 0.00541. The number of carbonyl (C=O) groups excluding carboxylic acids is 1. The van der Waals surface area contributed by atoms with Gasteiger partial charge in [0.15, 0.2) is 0 Å².